The molecule has 3 aromatic rings. The summed E-state index contributed by atoms with van der Waals surface area (Å²) in [5.74, 6) is -1.29. The molecule has 154 valence electrons. The minimum atomic E-state index is -1.10. The molecule has 0 atom stereocenters. The Bertz CT molecular complexity index is 1170. The summed E-state index contributed by atoms with van der Waals surface area (Å²) in [6.45, 7) is 5.95. The third-order valence-electron chi connectivity index (χ3n) is 4.46. The number of carbonyl (C=O) groups is 2. The van der Waals surface area contributed by atoms with Gasteiger partial charge in [0.25, 0.3) is 5.56 Å². The third kappa shape index (κ3) is 4.77. The number of aryl methyl sites for hydroxylation is 1. The number of fused-ring (bicyclic) bond motifs is 1. The average Bonchev–Trinajstić information content (AvgIpc) is 2.74. The van der Waals surface area contributed by atoms with Gasteiger partial charge < -0.3 is 10.4 Å². The van der Waals surface area contributed by atoms with Crippen LogP contribution in [0, 0.1) is 0 Å². The van der Waals surface area contributed by atoms with Gasteiger partial charge in [-0.1, -0.05) is 36.9 Å². The maximum Gasteiger partial charge on any atom is 0.335 e. The lowest BCUT2D eigenvalue weighted by Gasteiger charge is -2.12. The van der Waals surface area contributed by atoms with Crippen molar-refractivity contribution in [2.45, 2.75) is 25.0 Å². The van der Waals surface area contributed by atoms with E-state index in [9.17, 15) is 19.5 Å². The monoisotopic (exact) mass is 423 g/mol. The maximum absolute atomic E-state index is 12.8. The number of carbonyl (C=O) groups excluding carboxylic acids is 1. The fraction of sp³-hybridized carbons (Fsp3) is 0.182. The molecule has 2 N–H and O–H groups in total. The predicted molar refractivity (Wildman–Crippen MR) is 118 cm³/mol. The number of anilines is 1. The first-order chi connectivity index (χ1) is 14.4. The molecule has 0 radical (unpaired) electrons. The van der Waals surface area contributed by atoms with Gasteiger partial charge in [0.1, 0.15) is 0 Å². The van der Waals surface area contributed by atoms with Crippen LogP contribution in [-0.4, -0.2) is 32.3 Å². The van der Waals surface area contributed by atoms with Crippen molar-refractivity contribution in [2.24, 2.45) is 0 Å². The zero-order chi connectivity index (χ0) is 21.7. The molecule has 0 saturated carbocycles. The van der Waals surface area contributed by atoms with Crippen molar-refractivity contribution in [1.29, 1.82) is 0 Å². The Labute approximate surface area is 177 Å². The Kier molecular flexibility index (Phi) is 6.68. The van der Waals surface area contributed by atoms with E-state index in [0.717, 1.165) is 18.2 Å². The summed E-state index contributed by atoms with van der Waals surface area (Å²) >= 11 is 1.11. The molecular formula is C22H21N3O4S. The molecule has 30 heavy (non-hydrogen) atoms. The molecule has 1 aromatic heterocycles. The molecule has 3 rings (SSSR count). The van der Waals surface area contributed by atoms with Crippen LogP contribution in [0.5, 0.6) is 0 Å². The van der Waals surface area contributed by atoms with Crippen molar-refractivity contribution in [3.63, 3.8) is 0 Å². The molecule has 7 nitrogen and oxygen atoms in total. The smallest absolute Gasteiger partial charge is 0.335 e. The zero-order valence-electron chi connectivity index (χ0n) is 16.4. The van der Waals surface area contributed by atoms with E-state index in [1.807, 2.05) is 24.3 Å². The number of rotatable bonds is 8. The summed E-state index contributed by atoms with van der Waals surface area (Å²) in [5.41, 5.74) is 1.88. The van der Waals surface area contributed by atoms with Gasteiger partial charge in [0.2, 0.25) is 5.91 Å². The van der Waals surface area contributed by atoms with Crippen LogP contribution in [0.25, 0.3) is 10.9 Å². The largest absolute Gasteiger partial charge is 0.478 e. The maximum atomic E-state index is 12.8. The Morgan fingerprint density at radius 1 is 1.23 bits per heavy atom. The first kappa shape index (κ1) is 21.3. The van der Waals surface area contributed by atoms with Crippen molar-refractivity contribution in [1.82, 2.24) is 9.55 Å². The van der Waals surface area contributed by atoms with Crippen molar-refractivity contribution in [3.05, 3.63) is 76.6 Å². The average molecular weight is 423 g/mol. The molecule has 1 heterocycles. The van der Waals surface area contributed by atoms with Crippen LogP contribution < -0.4 is 10.9 Å². The third-order valence-corrected chi connectivity index (χ3v) is 5.43. The van der Waals surface area contributed by atoms with E-state index in [1.165, 1.54) is 28.3 Å². The number of thioether (sulfide) groups is 1. The lowest BCUT2D eigenvalue weighted by molar-refractivity contribution is -0.113. The highest BCUT2D eigenvalue weighted by Crippen LogP contribution is 2.20. The van der Waals surface area contributed by atoms with Crippen LogP contribution in [0.4, 0.5) is 5.69 Å². The molecule has 0 bridgehead atoms. The number of aromatic nitrogens is 2. The van der Waals surface area contributed by atoms with Crippen molar-refractivity contribution in [3.8, 4) is 0 Å². The van der Waals surface area contributed by atoms with Crippen LogP contribution in [0.3, 0.4) is 0 Å². The number of benzene rings is 2. The van der Waals surface area contributed by atoms with Gasteiger partial charge in [0.05, 0.1) is 22.2 Å². The second-order valence-corrected chi connectivity index (χ2v) is 7.47. The summed E-state index contributed by atoms with van der Waals surface area (Å²) in [6, 6.07) is 11.8. The van der Waals surface area contributed by atoms with E-state index < -0.39 is 5.97 Å². The highest BCUT2D eigenvalue weighted by Gasteiger charge is 2.14. The van der Waals surface area contributed by atoms with E-state index >= 15 is 0 Å². The number of carboxylic acids is 1. The van der Waals surface area contributed by atoms with Crippen LogP contribution in [0.1, 0.15) is 22.8 Å². The zero-order valence-corrected chi connectivity index (χ0v) is 17.2. The van der Waals surface area contributed by atoms with Gasteiger partial charge in [-0.3, -0.25) is 14.2 Å². The Morgan fingerprint density at radius 2 is 1.97 bits per heavy atom. The van der Waals surface area contributed by atoms with E-state index in [1.54, 1.807) is 6.08 Å². The first-order valence-electron chi connectivity index (χ1n) is 9.33. The molecule has 0 aliphatic carbocycles. The molecule has 1 amide bonds. The molecule has 0 aliphatic rings. The lowest BCUT2D eigenvalue weighted by Crippen LogP contribution is -2.24. The lowest BCUT2D eigenvalue weighted by atomic mass is 10.1. The Morgan fingerprint density at radius 3 is 2.60 bits per heavy atom. The first-order valence-corrected chi connectivity index (χ1v) is 10.3. The van der Waals surface area contributed by atoms with Crippen LogP contribution in [0.2, 0.25) is 0 Å². The van der Waals surface area contributed by atoms with Gasteiger partial charge in [-0.15, -0.1) is 6.58 Å². The van der Waals surface area contributed by atoms with Gasteiger partial charge in [0, 0.05) is 12.2 Å². The summed E-state index contributed by atoms with van der Waals surface area (Å²) in [5, 5.41) is 12.6. The number of nitrogens with zero attached hydrogens (tertiary/aromatic N) is 2. The number of amides is 1. The summed E-state index contributed by atoms with van der Waals surface area (Å²) < 4.78 is 1.42. The van der Waals surface area contributed by atoms with Gasteiger partial charge in [0.15, 0.2) is 5.16 Å². The molecule has 0 unspecified atom stereocenters. The number of nitrogens with one attached hydrogen (secondary N) is 1. The number of allylic oxidation sites excluding steroid dienone is 1. The minimum Gasteiger partial charge on any atom is -0.478 e. The number of hydrogen-bond acceptors (Lipinski definition) is 5. The number of aromatic carboxylic acids is 1. The van der Waals surface area contributed by atoms with Crippen LogP contribution >= 0.6 is 11.8 Å². The predicted octanol–water partition coefficient (Wildman–Crippen LogP) is 3.57. The fourth-order valence-corrected chi connectivity index (χ4v) is 3.69. The van der Waals surface area contributed by atoms with Gasteiger partial charge in [-0.2, -0.15) is 0 Å². The van der Waals surface area contributed by atoms with Crippen molar-refractivity contribution < 1.29 is 14.7 Å². The molecule has 2 aromatic carbocycles. The highest BCUT2D eigenvalue weighted by molar-refractivity contribution is 7.99. The minimum absolute atomic E-state index is 0.0417. The summed E-state index contributed by atoms with van der Waals surface area (Å²) in [7, 11) is 0. The molecular weight excluding hydrogens is 402 g/mol. The molecule has 0 fully saturated rings. The van der Waals surface area contributed by atoms with Crippen molar-refractivity contribution >= 4 is 40.2 Å². The van der Waals surface area contributed by atoms with Crippen LogP contribution in [-0.2, 0) is 17.8 Å². The second kappa shape index (κ2) is 9.41. The van der Waals surface area contributed by atoms with Crippen LogP contribution in [0.15, 0.2) is 65.1 Å². The number of carboxylic acid groups (broad SMARTS) is 1. The molecule has 8 heteroatoms. The van der Waals surface area contributed by atoms with E-state index in [-0.39, 0.29) is 34.8 Å². The Hall–Kier alpha value is -3.39. The SMILES string of the molecule is C=CCn1c(SCC(=O)Nc2ccc(CC)cc2)nc2cc(C(=O)O)ccc2c1=O. The summed E-state index contributed by atoms with van der Waals surface area (Å²) in [4.78, 5) is 40.9. The van der Waals surface area contributed by atoms with Crippen molar-refractivity contribution in [2.75, 3.05) is 11.1 Å². The van der Waals surface area contributed by atoms with E-state index in [4.69, 9.17) is 0 Å². The van der Waals surface area contributed by atoms with Gasteiger partial charge in [-0.05, 0) is 42.3 Å². The molecule has 0 spiro atoms. The number of hydrogen-bond donors (Lipinski definition) is 2. The van der Waals surface area contributed by atoms with E-state index in [0.29, 0.717) is 16.2 Å². The van der Waals surface area contributed by atoms with E-state index in [2.05, 4.69) is 23.8 Å². The molecule has 0 saturated heterocycles. The van der Waals surface area contributed by atoms with Gasteiger partial charge >= 0.3 is 5.97 Å². The topological polar surface area (TPSA) is 101 Å². The summed E-state index contributed by atoms with van der Waals surface area (Å²) in [6.07, 6.45) is 2.49. The molecule has 0 aliphatic heterocycles. The Balaban J connectivity index is 1.84. The standard InChI is InChI=1S/C22H21N3O4S/c1-3-11-25-20(27)17-10-7-15(21(28)29)12-18(17)24-22(25)30-13-19(26)23-16-8-5-14(4-2)6-9-16/h3,5-10,12H,1,4,11,13H2,2H3,(H,23,26)(H,28,29). The second-order valence-electron chi connectivity index (χ2n) is 6.52. The van der Waals surface area contributed by atoms with Gasteiger partial charge in [-0.25, -0.2) is 9.78 Å². The highest BCUT2D eigenvalue weighted by atomic mass is 32.2. The fourth-order valence-electron chi connectivity index (χ4n) is 2.88. The normalized spacial score (nSPS) is 10.7. The quantitative estimate of drug-likeness (QED) is 0.326.